The summed E-state index contributed by atoms with van der Waals surface area (Å²) in [7, 11) is 0. The summed E-state index contributed by atoms with van der Waals surface area (Å²) in [4.78, 5) is 38.0. The van der Waals surface area contributed by atoms with E-state index in [0.717, 1.165) is 44.9 Å². The van der Waals surface area contributed by atoms with Gasteiger partial charge in [0.25, 0.3) is 0 Å². The zero-order valence-electron chi connectivity index (χ0n) is 33.9. The van der Waals surface area contributed by atoms with Crippen molar-refractivity contribution in [3.05, 3.63) is 11.6 Å². The van der Waals surface area contributed by atoms with Crippen LogP contribution in [0.2, 0.25) is 0 Å². The van der Waals surface area contributed by atoms with Crippen molar-refractivity contribution in [3.63, 3.8) is 0 Å². The van der Waals surface area contributed by atoms with E-state index in [0.29, 0.717) is 36.7 Å². The number of fused-ring (bicyclic) bond motifs is 2. The van der Waals surface area contributed by atoms with Crippen molar-refractivity contribution in [3.8, 4) is 0 Å². The van der Waals surface area contributed by atoms with Gasteiger partial charge < -0.3 is 64.5 Å². The van der Waals surface area contributed by atoms with Crippen LogP contribution in [0.3, 0.4) is 0 Å². The van der Waals surface area contributed by atoms with Crippen LogP contribution in [0.25, 0.3) is 0 Å². The lowest BCUT2D eigenvalue weighted by atomic mass is 9.41. The first-order chi connectivity index (χ1) is 27.2. The van der Waals surface area contributed by atoms with Gasteiger partial charge in [-0.3, -0.25) is 4.79 Å². The first-order valence-corrected chi connectivity index (χ1v) is 21.2. The third kappa shape index (κ3) is 5.79. The summed E-state index contributed by atoms with van der Waals surface area (Å²) in [5.41, 5.74) is -0.996. The summed E-state index contributed by atoms with van der Waals surface area (Å²) in [6, 6.07) is 0. The number of carboxylic acids is 2. The van der Waals surface area contributed by atoms with E-state index in [9.17, 15) is 55.2 Å². The van der Waals surface area contributed by atoms with Gasteiger partial charge in [0.1, 0.15) is 48.8 Å². The summed E-state index contributed by atoms with van der Waals surface area (Å²) in [6.07, 6.45) is -9.10. The van der Waals surface area contributed by atoms with Gasteiger partial charge in [-0.05, 0) is 117 Å². The van der Waals surface area contributed by atoms with Crippen LogP contribution in [-0.2, 0) is 38.1 Å². The first-order valence-electron chi connectivity index (χ1n) is 21.2. The fourth-order valence-electron chi connectivity index (χ4n) is 14.5. The Morgan fingerprint density at radius 3 is 2.16 bits per heavy atom. The molecule has 326 valence electrons. The van der Waals surface area contributed by atoms with Crippen molar-refractivity contribution in [2.45, 2.75) is 172 Å². The number of cyclic esters (lactones) is 1. The van der Waals surface area contributed by atoms with E-state index in [4.69, 9.17) is 23.7 Å². The quantitative estimate of drug-likeness (QED) is 0.121. The zero-order valence-corrected chi connectivity index (χ0v) is 33.9. The summed E-state index contributed by atoms with van der Waals surface area (Å²) in [5.74, 6) is -2.23. The summed E-state index contributed by atoms with van der Waals surface area (Å²) in [5, 5.41) is 84.2. The van der Waals surface area contributed by atoms with Crippen LogP contribution in [-0.4, -0.2) is 139 Å². The van der Waals surface area contributed by atoms with Gasteiger partial charge in [0, 0.05) is 12.0 Å². The number of aliphatic carboxylic acids is 2. The van der Waals surface area contributed by atoms with E-state index in [-0.39, 0.29) is 45.6 Å². The van der Waals surface area contributed by atoms with Crippen LogP contribution in [0, 0.1) is 50.7 Å². The van der Waals surface area contributed by atoms with E-state index in [1.54, 1.807) is 13.8 Å². The van der Waals surface area contributed by atoms with E-state index in [1.165, 1.54) is 0 Å². The standard InChI is InChI=1S/C42H62O16/c1-18-6-7-21(54-34(18)51)19(2)20-10-12-39(4)23-8-9-24-40(5,37(52)53)25(11-13-41(24)17-42(23,41)15-14-38(20,39)3)56-36-32(28(46)26(44)22(16-43)55-36)58-35-30(48)27(45)29(47)31(57-35)33(49)50/h6,19-32,35-36,43-48H,7-17H2,1-5H3,(H,49,50)(H,52,53)/t19-,20-,21+,22+,23+,24-,25+,26-,27-,28+,29-,30-,31+,32-,35-,36-,38-,39-,40+,41-,42+/m1/s1. The molecule has 0 unspecified atom stereocenters. The molecule has 16 heteroatoms. The average Bonchev–Trinajstić information content (AvgIpc) is 3.77. The van der Waals surface area contributed by atoms with Crippen LogP contribution in [0.5, 0.6) is 0 Å². The minimum atomic E-state index is -2.02. The van der Waals surface area contributed by atoms with Crippen molar-refractivity contribution in [1.82, 2.24) is 0 Å². The monoisotopic (exact) mass is 822 g/mol. The van der Waals surface area contributed by atoms with Crippen molar-refractivity contribution < 1.29 is 78.9 Å². The van der Waals surface area contributed by atoms with Crippen LogP contribution < -0.4 is 0 Å². The van der Waals surface area contributed by atoms with Gasteiger partial charge in [0.2, 0.25) is 0 Å². The maximum Gasteiger partial charge on any atom is 0.335 e. The summed E-state index contributed by atoms with van der Waals surface area (Å²) in [6.45, 7) is 9.91. The number of aliphatic hydroxyl groups excluding tert-OH is 6. The molecule has 0 bridgehead atoms. The third-order valence-corrected chi connectivity index (χ3v) is 17.9. The Hall–Kier alpha value is -2.25. The second-order valence-corrected chi connectivity index (χ2v) is 19.9. The predicted molar refractivity (Wildman–Crippen MR) is 198 cm³/mol. The molecule has 3 aliphatic heterocycles. The highest BCUT2D eigenvalue weighted by atomic mass is 16.8. The average molecular weight is 823 g/mol. The molecule has 3 heterocycles. The number of hydrogen-bond donors (Lipinski definition) is 8. The van der Waals surface area contributed by atoms with E-state index in [2.05, 4.69) is 20.8 Å². The molecule has 0 aromatic heterocycles. The molecule has 0 radical (unpaired) electrons. The lowest BCUT2D eigenvalue weighted by Crippen LogP contribution is -2.66. The Kier molecular flexibility index (Phi) is 10.5. The second kappa shape index (κ2) is 14.4. The molecule has 7 fully saturated rings. The first kappa shape index (κ1) is 42.4. The molecule has 5 aliphatic carbocycles. The molecule has 0 aromatic rings. The summed E-state index contributed by atoms with van der Waals surface area (Å²) < 4.78 is 29.5. The third-order valence-electron chi connectivity index (χ3n) is 17.9. The van der Waals surface area contributed by atoms with Crippen LogP contribution in [0.4, 0.5) is 0 Å². The number of esters is 1. The number of rotatable bonds is 9. The molecule has 8 aliphatic rings. The second-order valence-electron chi connectivity index (χ2n) is 19.9. The highest BCUT2D eigenvalue weighted by Crippen LogP contribution is 2.89. The molecular formula is C42H62O16. The Balaban J connectivity index is 1.04. The van der Waals surface area contributed by atoms with Gasteiger partial charge in [-0.25, -0.2) is 9.59 Å². The Bertz CT molecular complexity index is 1690. The van der Waals surface area contributed by atoms with Crippen molar-refractivity contribution in [2.75, 3.05) is 6.61 Å². The zero-order chi connectivity index (χ0) is 42.1. The topological polar surface area (TPSA) is 259 Å². The smallest absolute Gasteiger partial charge is 0.335 e. The molecular weight excluding hydrogens is 760 g/mol. The van der Waals surface area contributed by atoms with Crippen molar-refractivity contribution in [2.24, 2.45) is 50.7 Å². The molecule has 5 saturated carbocycles. The van der Waals surface area contributed by atoms with Gasteiger partial charge in [0.15, 0.2) is 18.7 Å². The molecule has 8 N–H and O–H groups in total. The molecule has 2 spiro atoms. The molecule has 8 rings (SSSR count). The molecule has 58 heavy (non-hydrogen) atoms. The number of ether oxygens (including phenoxy) is 5. The Morgan fingerprint density at radius 1 is 0.810 bits per heavy atom. The highest BCUT2D eigenvalue weighted by Gasteiger charge is 2.83. The molecule has 16 nitrogen and oxygen atoms in total. The number of carboxylic acid groups (broad SMARTS) is 2. The molecule has 0 amide bonds. The fourth-order valence-corrected chi connectivity index (χ4v) is 14.5. The van der Waals surface area contributed by atoms with E-state index in [1.807, 2.05) is 6.08 Å². The number of aliphatic hydroxyl groups is 6. The lowest BCUT2D eigenvalue weighted by molar-refractivity contribution is -0.374. The van der Waals surface area contributed by atoms with Crippen LogP contribution in [0.1, 0.15) is 98.8 Å². The van der Waals surface area contributed by atoms with E-state index >= 15 is 0 Å². The van der Waals surface area contributed by atoms with Crippen LogP contribution in [0.15, 0.2) is 11.6 Å². The lowest BCUT2D eigenvalue weighted by Gasteiger charge is -2.63. The van der Waals surface area contributed by atoms with Gasteiger partial charge in [0.05, 0.1) is 18.1 Å². The summed E-state index contributed by atoms with van der Waals surface area (Å²) >= 11 is 0. The van der Waals surface area contributed by atoms with Gasteiger partial charge in [-0.2, -0.15) is 0 Å². The van der Waals surface area contributed by atoms with Gasteiger partial charge >= 0.3 is 17.9 Å². The SMILES string of the molecule is CC1=CC[C@@H]([C@H](C)[C@H]2CC[C@]3(C)[C@@H]4CC[C@@H]5[C@](C)(C(=O)O)[C@@H](O[C@H]6O[C@@H](CO)[C@@H](O)[C@H](O)[C@H]6O[C@H]6O[C@H](C(=O)O)[C@H](O)[C@@H](O)[C@H]6O)CC[C@@]56C[C@@]46CC[C@]23C)OC1=O. The van der Waals surface area contributed by atoms with Crippen molar-refractivity contribution in [1.29, 1.82) is 0 Å². The molecule has 2 saturated heterocycles. The minimum Gasteiger partial charge on any atom is -0.481 e. The Morgan fingerprint density at radius 2 is 1.50 bits per heavy atom. The molecule has 0 aromatic carbocycles. The van der Waals surface area contributed by atoms with Crippen molar-refractivity contribution >= 4 is 17.9 Å². The predicted octanol–water partition coefficient (Wildman–Crippen LogP) is 1.49. The number of hydrogen-bond acceptors (Lipinski definition) is 14. The maximum atomic E-state index is 13.7. The largest absolute Gasteiger partial charge is 0.481 e. The van der Waals surface area contributed by atoms with Crippen LogP contribution >= 0.6 is 0 Å². The number of carbonyl (C=O) groups excluding carboxylic acids is 1. The normalized spacial score (nSPS) is 54.2. The highest BCUT2D eigenvalue weighted by molar-refractivity contribution is 5.88. The van der Waals surface area contributed by atoms with E-state index < -0.39 is 91.5 Å². The minimum absolute atomic E-state index is 0.0157. The maximum absolute atomic E-state index is 13.7. The Labute approximate surface area is 337 Å². The fraction of sp³-hybridized carbons (Fsp3) is 0.881. The number of carbonyl (C=O) groups is 3. The molecule has 21 atom stereocenters. The van der Waals surface area contributed by atoms with Gasteiger partial charge in [-0.15, -0.1) is 0 Å². The van der Waals surface area contributed by atoms with Gasteiger partial charge in [-0.1, -0.05) is 26.8 Å².